The number of furan rings is 1. The first-order valence-electron chi connectivity index (χ1n) is 6.29. The lowest BCUT2D eigenvalue weighted by Gasteiger charge is -2.02. The number of aryl methyl sites for hydroxylation is 1. The predicted molar refractivity (Wildman–Crippen MR) is 73.4 cm³/mol. The number of rotatable bonds is 3. The summed E-state index contributed by atoms with van der Waals surface area (Å²) in [6.45, 7) is 1.98. The van der Waals surface area contributed by atoms with E-state index in [-0.39, 0.29) is 11.7 Å². The molecule has 4 nitrogen and oxygen atoms in total. The molecule has 3 rings (SSSR count). The molecule has 20 heavy (non-hydrogen) atoms. The average Bonchev–Trinajstić information content (AvgIpc) is 3.06. The fourth-order valence-electron chi connectivity index (χ4n) is 2.09. The lowest BCUT2D eigenvalue weighted by Crippen LogP contribution is -1.90. The first kappa shape index (κ1) is 12.5. The third-order valence-electron chi connectivity index (χ3n) is 3.11. The maximum Gasteiger partial charge on any atom is 0.230 e. The Bertz CT molecular complexity index is 746. The zero-order chi connectivity index (χ0) is 14.1. The number of nitrogen functional groups attached to an aromatic ring is 1. The largest absolute Gasteiger partial charge is 0.459 e. The Morgan fingerprint density at radius 3 is 2.70 bits per heavy atom. The molecule has 0 spiro atoms. The fourth-order valence-corrected chi connectivity index (χ4v) is 2.09. The van der Waals surface area contributed by atoms with Gasteiger partial charge in [-0.15, -0.1) is 0 Å². The van der Waals surface area contributed by atoms with Gasteiger partial charge in [0.15, 0.2) is 11.5 Å². The zero-order valence-electron chi connectivity index (χ0n) is 10.9. The quantitative estimate of drug-likeness (QED) is 0.785. The van der Waals surface area contributed by atoms with Crippen LogP contribution in [0.15, 0.2) is 45.3 Å². The first-order chi connectivity index (χ1) is 9.70. The molecule has 0 aliphatic carbocycles. The van der Waals surface area contributed by atoms with E-state index in [1.165, 1.54) is 6.07 Å². The molecule has 0 fully saturated rings. The number of nitrogens with two attached hydrogens (primary N) is 1. The van der Waals surface area contributed by atoms with Gasteiger partial charge in [-0.25, -0.2) is 4.39 Å². The van der Waals surface area contributed by atoms with Gasteiger partial charge in [-0.1, -0.05) is 30.3 Å². The summed E-state index contributed by atoms with van der Waals surface area (Å²) in [5.41, 5.74) is 6.95. The third-order valence-corrected chi connectivity index (χ3v) is 3.11. The number of aromatic nitrogens is 1. The Balaban J connectivity index is 2.17. The molecule has 5 heteroatoms. The molecule has 2 N–H and O–H groups in total. The van der Waals surface area contributed by atoms with Crippen LogP contribution in [0, 0.1) is 5.82 Å². The second-order valence-electron chi connectivity index (χ2n) is 4.37. The van der Waals surface area contributed by atoms with Gasteiger partial charge < -0.3 is 14.7 Å². The summed E-state index contributed by atoms with van der Waals surface area (Å²) in [6.07, 6.45) is 0.766. The molecule has 0 atom stereocenters. The van der Waals surface area contributed by atoms with E-state index in [4.69, 9.17) is 14.7 Å². The molecule has 0 radical (unpaired) electrons. The average molecular weight is 272 g/mol. The van der Waals surface area contributed by atoms with Crippen LogP contribution in [0.1, 0.15) is 12.7 Å². The Morgan fingerprint density at radius 2 is 2.00 bits per heavy atom. The summed E-state index contributed by atoms with van der Waals surface area (Å²) < 4.78 is 24.6. The van der Waals surface area contributed by atoms with E-state index in [0.29, 0.717) is 22.6 Å². The molecular formula is C15H13FN2O2. The highest BCUT2D eigenvalue weighted by molar-refractivity contribution is 5.85. The van der Waals surface area contributed by atoms with Gasteiger partial charge in [0.1, 0.15) is 11.6 Å². The van der Waals surface area contributed by atoms with Crippen molar-refractivity contribution in [3.05, 3.63) is 48.0 Å². The lowest BCUT2D eigenvalue weighted by atomic mass is 10.0. The highest BCUT2D eigenvalue weighted by Crippen LogP contribution is 2.37. The van der Waals surface area contributed by atoms with Gasteiger partial charge in [0.25, 0.3) is 0 Å². The summed E-state index contributed by atoms with van der Waals surface area (Å²) in [5, 5.41) is 3.89. The molecule has 0 unspecified atom stereocenters. The maximum atomic E-state index is 13.9. The van der Waals surface area contributed by atoms with E-state index >= 15 is 0 Å². The summed E-state index contributed by atoms with van der Waals surface area (Å²) in [5.74, 6) is 1.02. The van der Waals surface area contributed by atoms with E-state index in [1.807, 2.05) is 13.0 Å². The Labute approximate surface area is 115 Å². The summed E-state index contributed by atoms with van der Waals surface area (Å²) in [4.78, 5) is 0. The van der Waals surface area contributed by atoms with E-state index in [1.54, 1.807) is 24.3 Å². The normalized spacial score (nSPS) is 10.9. The van der Waals surface area contributed by atoms with Gasteiger partial charge in [-0.05, 0) is 18.2 Å². The number of hydrogen-bond acceptors (Lipinski definition) is 4. The van der Waals surface area contributed by atoms with Crippen LogP contribution in [0.2, 0.25) is 0 Å². The molecule has 3 aromatic rings. The molecule has 2 heterocycles. The lowest BCUT2D eigenvalue weighted by molar-refractivity contribution is 0.434. The molecule has 0 saturated heterocycles. The number of benzene rings is 1. The van der Waals surface area contributed by atoms with Crippen molar-refractivity contribution in [1.82, 2.24) is 5.16 Å². The molecule has 2 aromatic heterocycles. The highest BCUT2D eigenvalue weighted by atomic mass is 19.1. The zero-order valence-corrected chi connectivity index (χ0v) is 10.9. The van der Waals surface area contributed by atoms with Crippen molar-refractivity contribution in [1.29, 1.82) is 0 Å². The van der Waals surface area contributed by atoms with Gasteiger partial charge >= 0.3 is 0 Å². The van der Waals surface area contributed by atoms with Crippen LogP contribution in [0.25, 0.3) is 22.6 Å². The second-order valence-corrected chi connectivity index (χ2v) is 4.37. The Hall–Kier alpha value is -2.56. The number of hydrogen-bond donors (Lipinski definition) is 1. The van der Waals surface area contributed by atoms with E-state index in [2.05, 4.69) is 5.16 Å². The molecule has 0 amide bonds. The second kappa shape index (κ2) is 4.85. The van der Waals surface area contributed by atoms with Gasteiger partial charge in [-0.3, -0.25) is 0 Å². The number of anilines is 1. The molecule has 0 bridgehead atoms. The van der Waals surface area contributed by atoms with E-state index in [9.17, 15) is 4.39 Å². The molecule has 0 aliphatic rings. The minimum Gasteiger partial charge on any atom is -0.459 e. The molecule has 1 aromatic carbocycles. The summed E-state index contributed by atoms with van der Waals surface area (Å²) in [6, 6.07) is 9.97. The minimum absolute atomic E-state index is 0.0690. The highest BCUT2D eigenvalue weighted by Gasteiger charge is 2.22. The number of nitrogens with zero attached hydrogens (tertiary/aromatic N) is 1. The topological polar surface area (TPSA) is 65.2 Å². The van der Waals surface area contributed by atoms with Crippen LogP contribution in [0.5, 0.6) is 0 Å². The third kappa shape index (κ3) is 1.97. The van der Waals surface area contributed by atoms with Crippen LogP contribution in [-0.4, -0.2) is 5.16 Å². The summed E-state index contributed by atoms with van der Waals surface area (Å²) in [7, 11) is 0. The van der Waals surface area contributed by atoms with E-state index < -0.39 is 0 Å². The van der Waals surface area contributed by atoms with Crippen molar-refractivity contribution in [2.45, 2.75) is 13.3 Å². The van der Waals surface area contributed by atoms with Gasteiger partial charge in [0.05, 0.1) is 5.56 Å². The van der Waals surface area contributed by atoms with Crippen LogP contribution in [0.3, 0.4) is 0 Å². The maximum absolute atomic E-state index is 13.9. The Kier molecular flexibility index (Phi) is 3.02. The summed E-state index contributed by atoms with van der Waals surface area (Å²) >= 11 is 0. The van der Waals surface area contributed by atoms with Crippen molar-refractivity contribution in [2.75, 3.05) is 5.73 Å². The SMILES string of the molecule is CCc1ccc(-c2noc(N)c2-c2ccccc2F)o1. The van der Waals surface area contributed by atoms with Crippen molar-refractivity contribution >= 4 is 5.88 Å². The van der Waals surface area contributed by atoms with Crippen LogP contribution >= 0.6 is 0 Å². The van der Waals surface area contributed by atoms with Gasteiger partial charge in [-0.2, -0.15) is 0 Å². The van der Waals surface area contributed by atoms with Crippen LogP contribution < -0.4 is 5.73 Å². The van der Waals surface area contributed by atoms with E-state index in [0.717, 1.165) is 12.2 Å². The van der Waals surface area contributed by atoms with Crippen LogP contribution in [0.4, 0.5) is 10.3 Å². The number of halogens is 1. The molecular weight excluding hydrogens is 259 g/mol. The minimum atomic E-state index is -0.383. The Morgan fingerprint density at radius 1 is 1.20 bits per heavy atom. The van der Waals surface area contributed by atoms with Gasteiger partial charge in [0.2, 0.25) is 5.88 Å². The van der Waals surface area contributed by atoms with Crippen molar-refractivity contribution in [3.63, 3.8) is 0 Å². The fraction of sp³-hybridized carbons (Fsp3) is 0.133. The standard InChI is InChI=1S/C15H13FN2O2/c1-2-9-7-8-12(19-9)14-13(15(17)20-18-14)10-5-3-4-6-11(10)16/h3-8H,2,17H2,1H3. The molecule has 0 aliphatic heterocycles. The predicted octanol–water partition coefficient (Wildman–Crippen LogP) is 3.89. The smallest absolute Gasteiger partial charge is 0.230 e. The van der Waals surface area contributed by atoms with Crippen molar-refractivity contribution in [3.8, 4) is 22.6 Å². The molecule has 102 valence electrons. The first-order valence-corrected chi connectivity index (χ1v) is 6.29. The van der Waals surface area contributed by atoms with Crippen molar-refractivity contribution < 1.29 is 13.3 Å². The monoisotopic (exact) mass is 272 g/mol. The molecule has 0 saturated carbocycles. The van der Waals surface area contributed by atoms with Gasteiger partial charge in [0, 0.05) is 12.0 Å². The van der Waals surface area contributed by atoms with Crippen molar-refractivity contribution in [2.24, 2.45) is 0 Å². The van der Waals surface area contributed by atoms with Crippen LogP contribution in [-0.2, 0) is 6.42 Å².